The minimum atomic E-state index is -0.135. The topological polar surface area (TPSA) is 55.8 Å². The number of amides is 2. The Labute approximate surface area is 162 Å². The second-order valence-corrected chi connectivity index (χ2v) is 6.97. The number of nitrogens with one attached hydrogen (secondary N) is 1. The molecule has 1 fully saturated rings. The predicted octanol–water partition coefficient (Wildman–Crippen LogP) is 4.55. The molecule has 1 aliphatic heterocycles. The predicted molar refractivity (Wildman–Crippen MR) is 110 cm³/mol. The van der Waals surface area contributed by atoms with Crippen molar-refractivity contribution in [3.05, 3.63) is 65.7 Å². The van der Waals surface area contributed by atoms with Crippen molar-refractivity contribution in [3.8, 4) is 5.75 Å². The summed E-state index contributed by atoms with van der Waals surface area (Å²) >= 11 is 6.28. The summed E-state index contributed by atoms with van der Waals surface area (Å²) < 4.78 is 0. The van der Waals surface area contributed by atoms with Gasteiger partial charge in [0.1, 0.15) is 5.75 Å². The van der Waals surface area contributed by atoms with E-state index in [0.29, 0.717) is 18.8 Å². The first-order valence-corrected chi connectivity index (χ1v) is 9.27. The molecule has 6 heteroatoms. The number of carbonyl (C=O) groups is 1. The maximum atomic E-state index is 12.7. The summed E-state index contributed by atoms with van der Waals surface area (Å²) in [6.07, 6.45) is 0. The lowest BCUT2D eigenvalue weighted by Crippen LogP contribution is -2.50. The highest BCUT2D eigenvalue weighted by Crippen LogP contribution is 2.28. The number of carbonyl (C=O) groups excluding carboxylic acids is 1. The standard InChI is InChI=1S/C21H20ClN3O2/c22-18-5-1-2-7-20(18)24-10-12-25(13-11-24)21(27)23-19-6-3-4-15-8-9-16(26)14-17(15)19/h1-9,14,26H,10-13H2,(H,23,27). The molecular weight excluding hydrogens is 362 g/mol. The van der Waals surface area contributed by atoms with Gasteiger partial charge in [0.2, 0.25) is 0 Å². The van der Waals surface area contributed by atoms with Crippen LogP contribution in [-0.4, -0.2) is 42.2 Å². The van der Waals surface area contributed by atoms with E-state index in [1.165, 1.54) is 0 Å². The van der Waals surface area contributed by atoms with Crippen LogP contribution in [0.4, 0.5) is 16.2 Å². The monoisotopic (exact) mass is 381 g/mol. The number of fused-ring (bicyclic) bond motifs is 1. The van der Waals surface area contributed by atoms with Crippen LogP contribution in [-0.2, 0) is 0 Å². The van der Waals surface area contributed by atoms with Gasteiger partial charge in [0.25, 0.3) is 0 Å². The van der Waals surface area contributed by atoms with Gasteiger partial charge in [0.05, 0.1) is 16.4 Å². The van der Waals surface area contributed by atoms with Gasteiger partial charge in [0, 0.05) is 31.6 Å². The molecule has 27 heavy (non-hydrogen) atoms. The molecule has 1 aliphatic rings. The van der Waals surface area contributed by atoms with Crippen LogP contribution in [0.3, 0.4) is 0 Å². The van der Waals surface area contributed by atoms with Crippen LogP contribution in [0.15, 0.2) is 60.7 Å². The van der Waals surface area contributed by atoms with Crippen LogP contribution in [0, 0.1) is 0 Å². The average Bonchev–Trinajstić information content (AvgIpc) is 2.69. The molecule has 0 aliphatic carbocycles. The van der Waals surface area contributed by atoms with Gasteiger partial charge in [-0.1, -0.05) is 41.9 Å². The summed E-state index contributed by atoms with van der Waals surface area (Å²) in [6.45, 7) is 2.70. The van der Waals surface area contributed by atoms with Crippen molar-refractivity contribution >= 4 is 39.8 Å². The van der Waals surface area contributed by atoms with Crippen molar-refractivity contribution in [1.82, 2.24) is 4.90 Å². The summed E-state index contributed by atoms with van der Waals surface area (Å²) in [7, 11) is 0. The Morgan fingerprint density at radius 2 is 1.74 bits per heavy atom. The fraction of sp³-hybridized carbons (Fsp3) is 0.190. The average molecular weight is 382 g/mol. The number of aromatic hydroxyl groups is 1. The molecule has 5 nitrogen and oxygen atoms in total. The van der Waals surface area contributed by atoms with Crippen molar-refractivity contribution in [3.63, 3.8) is 0 Å². The third kappa shape index (κ3) is 3.64. The molecule has 0 unspecified atom stereocenters. The third-order valence-electron chi connectivity index (χ3n) is 4.87. The van der Waals surface area contributed by atoms with E-state index in [0.717, 1.165) is 34.6 Å². The van der Waals surface area contributed by atoms with Gasteiger partial charge in [-0.3, -0.25) is 0 Å². The van der Waals surface area contributed by atoms with Crippen LogP contribution in [0.2, 0.25) is 5.02 Å². The molecule has 0 radical (unpaired) electrons. The Balaban J connectivity index is 1.45. The SMILES string of the molecule is O=C(Nc1cccc2ccc(O)cc12)N1CCN(c2ccccc2Cl)CC1. The highest BCUT2D eigenvalue weighted by atomic mass is 35.5. The fourth-order valence-corrected chi connectivity index (χ4v) is 3.68. The minimum absolute atomic E-state index is 0.135. The summed E-state index contributed by atoms with van der Waals surface area (Å²) in [6, 6.07) is 18.5. The molecule has 0 aromatic heterocycles. The van der Waals surface area contributed by atoms with E-state index < -0.39 is 0 Å². The van der Waals surface area contributed by atoms with Crippen LogP contribution in [0.25, 0.3) is 10.8 Å². The maximum Gasteiger partial charge on any atom is 0.321 e. The van der Waals surface area contributed by atoms with Gasteiger partial charge in [0.15, 0.2) is 0 Å². The molecule has 4 rings (SSSR count). The third-order valence-corrected chi connectivity index (χ3v) is 5.19. The first kappa shape index (κ1) is 17.5. The normalized spacial score (nSPS) is 14.4. The molecule has 3 aromatic carbocycles. The second-order valence-electron chi connectivity index (χ2n) is 6.57. The Kier molecular flexibility index (Phi) is 4.77. The molecule has 1 saturated heterocycles. The molecule has 0 spiro atoms. The molecule has 3 aromatic rings. The summed E-state index contributed by atoms with van der Waals surface area (Å²) in [5.41, 5.74) is 1.70. The Morgan fingerprint density at radius 3 is 2.52 bits per heavy atom. The van der Waals surface area contributed by atoms with Crippen molar-refractivity contribution in [2.24, 2.45) is 0 Å². The lowest BCUT2D eigenvalue weighted by atomic mass is 10.1. The zero-order valence-corrected chi connectivity index (χ0v) is 15.5. The smallest absolute Gasteiger partial charge is 0.321 e. The number of urea groups is 1. The molecule has 0 saturated carbocycles. The molecule has 2 N–H and O–H groups in total. The number of nitrogens with zero attached hydrogens (tertiary/aromatic N) is 2. The van der Waals surface area contributed by atoms with E-state index in [9.17, 15) is 9.90 Å². The van der Waals surface area contributed by atoms with Crippen LogP contribution in [0.5, 0.6) is 5.75 Å². The first-order valence-electron chi connectivity index (χ1n) is 8.89. The van der Waals surface area contributed by atoms with Gasteiger partial charge in [-0.2, -0.15) is 0 Å². The Bertz CT molecular complexity index is 984. The van der Waals surface area contributed by atoms with E-state index in [1.54, 1.807) is 17.0 Å². The number of hydrogen-bond donors (Lipinski definition) is 2. The summed E-state index contributed by atoms with van der Waals surface area (Å²) in [5, 5.41) is 15.3. The Morgan fingerprint density at radius 1 is 0.963 bits per heavy atom. The van der Waals surface area contributed by atoms with Gasteiger partial charge < -0.3 is 20.2 Å². The van der Waals surface area contributed by atoms with Crippen LogP contribution >= 0.6 is 11.6 Å². The second kappa shape index (κ2) is 7.37. The van der Waals surface area contributed by atoms with E-state index >= 15 is 0 Å². The fourth-order valence-electron chi connectivity index (χ4n) is 3.42. The number of halogens is 1. The minimum Gasteiger partial charge on any atom is -0.508 e. The van der Waals surface area contributed by atoms with Crippen LogP contribution < -0.4 is 10.2 Å². The molecule has 0 atom stereocenters. The lowest BCUT2D eigenvalue weighted by Gasteiger charge is -2.36. The van der Waals surface area contributed by atoms with Gasteiger partial charge in [-0.15, -0.1) is 0 Å². The number of hydrogen-bond acceptors (Lipinski definition) is 3. The lowest BCUT2D eigenvalue weighted by molar-refractivity contribution is 0.208. The Hall–Kier alpha value is -2.92. The number of benzene rings is 3. The van der Waals surface area contributed by atoms with Gasteiger partial charge in [-0.25, -0.2) is 4.79 Å². The van der Waals surface area contributed by atoms with Gasteiger partial charge >= 0.3 is 6.03 Å². The largest absolute Gasteiger partial charge is 0.508 e. The summed E-state index contributed by atoms with van der Waals surface area (Å²) in [5.74, 6) is 0.178. The zero-order valence-electron chi connectivity index (χ0n) is 14.7. The van der Waals surface area contributed by atoms with E-state index in [2.05, 4.69) is 10.2 Å². The molecule has 1 heterocycles. The maximum absolute atomic E-state index is 12.7. The number of para-hydroxylation sites is 1. The first-order chi connectivity index (χ1) is 13.1. The van der Waals surface area contributed by atoms with Crippen molar-refractivity contribution in [1.29, 1.82) is 0 Å². The van der Waals surface area contributed by atoms with E-state index in [4.69, 9.17) is 11.6 Å². The number of anilines is 2. The number of phenolic OH excluding ortho intramolecular Hbond substituents is 1. The van der Waals surface area contributed by atoms with E-state index in [-0.39, 0.29) is 11.8 Å². The molecule has 0 bridgehead atoms. The van der Waals surface area contributed by atoms with Crippen molar-refractivity contribution < 1.29 is 9.90 Å². The highest BCUT2D eigenvalue weighted by molar-refractivity contribution is 6.33. The summed E-state index contributed by atoms with van der Waals surface area (Å²) in [4.78, 5) is 16.7. The number of rotatable bonds is 2. The van der Waals surface area contributed by atoms with Gasteiger partial charge in [-0.05, 0) is 35.7 Å². The molecular formula is C21H20ClN3O2. The number of phenols is 1. The van der Waals surface area contributed by atoms with E-state index in [1.807, 2.05) is 48.5 Å². The number of piperazine rings is 1. The molecule has 2 amide bonds. The highest BCUT2D eigenvalue weighted by Gasteiger charge is 2.22. The zero-order chi connectivity index (χ0) is 18.8. The van der Waals surface area contributed by atoms with Crippen LogP contribution in [0.1, 0.15) is 0 Å². The quantitative estimate of drug-likeness (QED) is 0.684. The van der Waals surface area contributed by atoms with Crippen molar-refractivity contribution in [2.75, 3.05) is 36.4 Å². The molecule has 138 valence electrons. The van der Waals surface area contributed by atoms with Crippen molar-refractivity contribution in [2.45, 2.75) is 0 Å².